The van der Waals surface area contributed by atoms with E-state index >= 15 is 0 Å². The van der Waals surface area contributed by atoms with Crippen molar-refractivity contribution < 1.29 is 9.53 Å². The molecule has 3 aromatic rings. The average Bonchev–Trinajstić information content (AvgIpc) is 3.26. The lowest BCUT2D eigenvalue weighted by molar-refractivity contribution is -0.146. The van der Waals surface area contributed by atoms with Gasteiger partial charge in [0.15, 0.2) is 0 Å². The summed E-state index contributed by atoms with van der Waals surface area (Å²) in [7, 11) is 0. The fourth-order valence-electron chi connectivity index (χ4n) is 3.19. The first-order valence-corrected chi connectivity index (χ1v) is 7.95. The Morgan fingerprint density at radius 1 is 1.22 bits per heavy atom. The molecule has 0 unspecified atom stereocenters. The Hall–Kier alpha value is -2.62. The first kappa shape index (κ1) is 14.0. The SMILES string of the molecule is CCOC(=O)C1(c2ccc(-c3ccnc4[nH]ccc34)cc2)CC1. The fourth-order valence-corrected chi connectivity index (χ4v) is 3.19. The number of benzene rings is 1. The van der Waals surface area contributed by atoms with E-state index in [1.165, 1.54) is 0 Å². The Morgan fingerprint density at radius 3 is 2.70 bits per heavy atom. The lowest BCUT2D eigenvalue weighted by Gasteiger charge is -2.14. The van der Waals surface area contributed by atoms with Gasteiger partial charge in [0.25, 0.3) is 0 Å². The van der Waals surface area contributed by atoms with E-state index in [-0.39, 0.29) is 5.97 Å². The summed E-state index contributed by atoms with van der Waals surface area (Å²) in [6, 6.07) is 12.3. The lowest BCUT2D eigenvalue weighted by atomic mass is 9.93. The minimum Gasteiger partial charge on any atom is -0.465 e. The highest BCUT2D eigenvalue weighted by atomic mass is 16.5. The zero-order chi connectivity index (χ0) is 15.9. The molecule has 1 aromatic carbocycles. The lowest BCUT2D eigenvalue weighted by Crippen LogP contribution is -2.23. The van der Waals surface area contributed by atoms with Crippen LogP contribution < -0.4 is 0 Å². The fraction of sp³-hybridized carbons (Fsp3) is 0.263. The van der Waals surface area contributed by atoms with Crippen molar-refractivity contribution >= 4 is 17.0 Å². The number of rotatable bonds is 4. The van der Waals surface area contributed by atoms with Crippen LogP contribution >= 0.6 is 0 Å². The molecule has 0 saturated heterocycles. The maximum atomic E-state index is 12.2. The Morgan fingerprint density at radius 2 is 2.00 bits per heavy atom. The van der Waals surface area contributed by atoms with E-state index in [0.29, 0.717) is 6.61 Å². The summed E-state index contributed by atoms with van der Waals surface area (Å²) >= 11 is 0. The van der Waals surface area contributed by atoms with Gasteiger partial charge in [0, 0.05) is 17.8 Å². The molecule has 0 amide bonds. The first-order valence-electron chi connectivity index (χ1n) is 7.95. The molecule has 2 aromatic heterocycles. The second kappa shape index (κ2) is 5.23. The third kappa shape index (κ3) is 2.22. The smallest absolute Gasteiger partial charge is 0.316 e. The number of nitrogens with zero attached hydrogens (tertiary/aromatic N) is 1. The molecule has 0 spiro atoms. The van der Waals surface area contributed by atoms with Gasteiger partial charge in [-0.3, -0.25) is 4.79 Å². The maximum Gasteiger partial charge on any atom is 0.316 e. The summed E-state index contributed by atoms with van der Waals surface area (Å²) in [5, 5.41) is 1.10. The zero-order valence-electron chi connectivity index (χ0n) is 13.0. The van der Waals surface area contributed by atoms with E-state index in [2.05, 4.69) is 34.2 Å². The van der Waals surface area contributed by atoms with Crippen molar-refractivity contribution in [1.29, 1.82) is 0 Å². The van der Waals surface area contributed by atoms with Crippen molar-refractivity contribution in [3.63, 3.8) is 0 Å². The number of ether oxygens (including phenoxy) is 1. The van der Waals surface area contributed by atoms with E-state index in [4.69, 9.17) is 4.74 Å². The number of esters is 1. The Bertz CT molecular complexity index is 860. The predicted octanol–water partition coefficient (Wildman–Crippen LogP) is 3.82. The summed E-state index contributed by atoms with van der Waals surface area (Å²) < 4.78 is 5.23. The van der Waals surface area contributed by atoms with Crippen LogP contribution in [0.15, 0.2) is 48.8 Å². The van der Waals surface area contributed by atoms with Gasteiger partial charge in [-0.1, -0.05) is 24.3 Å². The summed E-state index contributed by atoms with van der Waals surface area (Å²) in [6.45, 7) is 2.28. The van der Waals surface area contributed by atoms with E-state index in [9.17, 15) is 4.79 Å². The molecule has 0 bridgehead atoms. The van der Waals surface area contributed by atoms with Crippen molar-refractivity contribution in [2.24, 2.45) is 0 Å². The minimum atomic E-state index is -0.407. The molecule has 23 heavy (non-hydrogen) atoms. The van der Waals surface area contributed by atoms with Crippen LogP contribution in [-0.2, 0) is 14.9 Å². The molecule has 0 atom stereocenters. The highest BCUT2D eigenvalue weighted by Crippen LogP contribution is 2.49. The first-order chi connectivity index (χ1) is 11.2. The van der Waals surface area contributed by atoms with Gasteiger partial charge in [-0.05, 0) is 48.6 Å². The molecule has 1 N–H and O–H groups in total. The van der Waals surface area contributed by atoms with Crippen LogP contribution in [0.1, 0.15) is 25.3 Å². The molecule has 1 aliphatic rings. The summed E-state index contributed by atoms with van der Waals surface area (Å²) in [5.41, 5.74) is 3.80. The largest absolute Gasteiger partial charge is 0.465 e. The van der Waals surface area contributed by atoms with Crippen LogP contribution in [0.25, 0.3) is 22.2 Å². The van der Waals surface area contributed by atoms with E-state index in [1.54, 1.807) is 0 Å². The van der Waals surface area contributed by atoms with Crippen molar-refractivity contribution in [2.75, 3.05) is 6.61 Å². The molecule has 1 saturated carbocycles. The summed E-state index contributed by atoms with van der Waals surface area (Å²) in [5.74, 6) is -0.0929. The van der Waals surface area contributed by atoms with Gasteiger partial charge < -0.3 is 9.72 Å². The molecule has 0 aliphatic heterocycles. The van der Waals surface area contributed by atoms with Gasteiger partial charge in [0.05, 0.1) is 12.0 Å². The number of hydrogen-bond acceptors (Lipinski definition) is 3. The number of carbonyl (C=O) groups is 1. The highest BCUT2D eigenvalue weighted by molar-refractivity contribution is 5.93. The summed E-state index contributed by atoms with van der Waals surface area (Å²) in [4.78, 5) is 19.6. The Balaban J connectivity index is 1.69. The predicted molar refractivity (Wildman–Crippen MR) is 89.1 cm³/mol. The third-order valence-electron chi connectivity index (χ3n) is 4.62. The molecule has 2 heterocycles. The van der Waals surface area contributed by atoms with Crippen LogP contribution in [0.5, 0.6) is 0 Å². The molecule has 4 nitrogen and oxygen atoms in total. The van der Waals surface area contributed by atoms with Crippen LogP contribution in [0.3, 0.4) is 0 Å². The number of hydrogen-bond donors (Lipinski definition) is 1. The maximum absolute atomic E-state index is 12.2. The third-order valence-corrected chi connectivity index (χ3v) is 4.62. The highest BCUT2D eigenvalue weighted by Gasteiger charge is 2.52. The van der Waals surface area contributed by atoms with Crippen LogP contribution in [0.4, 0.5) is 0 Å². The van der Waals surface area contributed by atoms with E-state index in [1.807, 2.05) is 31.5 Å². The molecule has 4 rings (SSSR count). The normalized spacial score (nSPS) is 15.5. The number of H-pyrrole nitrogens is 1. The van der Waals surface area contributed by atoms with E-state index in [0.717, 1.165) is 40.6 Å². The van der Waals surface area contributed by atoms with Gasteiger partial charge in [-0.25, -0.2) is 4.98 Å². The van der Waals surface area contributed by atoms with E-state index < -0.39 is 5.41 Å². The van der Waals surface area contributed by atoms with Crippen molar-refractivity contribution in [3.05, 3.63) is 54.4 Å². The van der Waals surface area contributed by atoms with Crippen LogP contribution in [-0.4, -0.2) is 22.5 Å². The van der Waals surface area contributed by atoms with Crippen LogP contribution in [0, 0.1) is 0 Å². The number of aromatic nitrogens is 2. The van der Waals surface area contributed by atoms with Gasteiger partial charge in [-0.15, -0.1) is 0 Å². The van der Waals surface area contributed by atoms with Gasteiger partial charge in [0.1, 0.15) is 5.65 Å². The topological polar surface area (TPSA) is 55.0 Å². The van der Waals surface area contributed by atoms with Gasteiger partial charge in [0.2, 0.25) is 0 Å². The molecule has 1 fully saturated rings. The monoisotopic (exact) mass is 306 g/mol. The molecule has 0 radical (unpaired) electrons. The molecular weight excluding hydrogens is 288 g/mol. The zero-order valence-corrected chi connectivity index (χ0v) is 13.0. The Kier molecular flexibility index (Phi) is 3.18. The number of fused-ring (bicyclic) bond motifs is 1. The van der Waals surface area contributed by atoms with Gasteiger partial charge in [-0.2, -0.15) is 0 Å². The molecule has 4 heteroatoms. The molecule has 1 aliphatic carbocycles. The number of carbonyl (C=O) groups excluding carboxylic acids is 1. The number of nitrogens with one attached hydrogen (secondary N) is 1. The van der Waals surface area contributed by atoms with Gasteiger partial charge >= 0.3 is 5.97 Å². The summed E-state index contributed by atoms with van der Waals surface area (Å²) in [6.07, 6.45) is 5.46. The molecule has 116 valence electrons. The number of pyridine rings is 1. The van der Waals surface area contributed by atoms with Crippen molar-refractivity contribution in [3.8, 4) is 11.1 Å². The van der Waals surface area contributed by atoms with Crippen LogP contribution in [0.2, 0.25) is 0 Å². The molecular formula is C19H18N2O2. The Labute approximate surface area is 134 Å². The average molecular weight is 306 g/mol. The minimum absolute atomic E-state index is 0.0929. The van der Waals surface area contributed by atoms with Crippen molar-refractivity contribution in [2.45, 2.75) is 25.2 Å². The number of aromatic amines is 1. The van der Waals surface area contributed by atoms with Crippen molar-refractivity contribution in [1.82, 2.24) is 9.97 Å². The standard InChI is InChI=1S/C19H18N2O2/c1-2-23-18(22)19(9-10-19)14-5-3-13(4-6-14)15-7-11-20-17-16(15)8-12-21-17/h3-8,11-12H,2,9-10H2,1H3,(H,20,21). The second-order valence-electron chi connectivity index (χ2n) is 5.98. The quantitative estimate of drug-likeness (QED) is 0.745. The second-order valence-corrected chi connectivity index (χ2v) is 5.98.